The van der Waals surface area contributed by atoms with E-state index in [0.29, 0.717) is 5.69 Å². The van der Waals surface area contributed by atoms with Gasteiger partial charge in [0.1, 0.15) is 11.4 Å². The second-order valence-corrected chi connectivity index (χ2v) is 5.87. The molecule has 0 fully saturated rings. The fourth-order valence-electron chi connectivity index (χ4n) is 2.70. The first kappa shape index (κ1) is 18.8. The number of nitrogens with one attached hydrogen (secondary N) is 2. The number of carbonyl (C=O) groups is 2. The fraction of sp³-hybridized carbons (Fsp3) is 0.0526. The zero-order valence-corrected chi connectivity index (χ0v) is 14.4. The maximum Gasteiger partial charge on any atom is 0.261 e. The number of aromatic amines is 1. The summed E-state index contributed by atoms with van der Waals surface area (Å²) in [6, 6.07) is 9.81. The first-order valence-electron chi connectivity index (χ1n) is 8.14. The Morgan fingerprint density at radius 3 is 2.61 bits per heavy atom. The number of primary amides is 1. The van der Waals surface area contributed by atoms with E-state index in [4.69, 9.17) is 5.73 Å². The van der Waals surface area contributed by atoms with Gasteiger partial charge in [0.25, 0.3) is 17.0 Å². The van der Waals surface area contributed by atoms with Gasteiger partial charge in [0.2, 0.25) is 5.91 Å². The lowest BCUT2D eigenvalue weighted by Crippen LogP contribution is -2.27. The van der Waals surface area contributed by atoms with Gasteiger partial charge in [-0.25, -0.2) is 4.39 Å². The third-order valence-electron chi connectivity index (χ3n) is 3.97. The summed E-state index contributed by atoms with van der Waals surface area (Å²) in [6.45, 7) is 0. The van der Waals surface area contributed by atoms with Crippen LogP contribution in [0.4, 0.5) is 10.1 Å². The molecule has 1 aromatic carbocycles. The molecular formula is C19H15FN4O4. The maximum absolute atomic E-state index is 14.4. The lowest BCUT2D eigenvalue weighted by molar-refractivity contribution is -0.115. The van der Waals surface area contributed by atoms with Crippen LogP contribution in [-0.4, -0.2) is 21.4 Å². The first-order chi connectivity index (χ1) is 13.4. The van der Waals surface area contributed by atoms with Gasteiger partial charge in [-0.1, -0.05) is 6.07 Å². The molecule has 0 atom stereocenters. The van der Waals surface area contributed by atoms with Crippen molar-refractivity contribution in [2.45, 2.75) is 6.42 Å². The number of anilines is 1. The van der Waals surface area contributed by atoms with Crippen LogP contribution in [0.2, 0.25) is 0 Å². The number of carbonyl (C=O) groups excluding carboxylic acids is 2. The predicted octanol–water partition coefficient (Wildman–Crippen LogP) is 0.945. The molecule has 3 aromatic rings. The number of nitrogens with two attached hydrogens (primary N) is 1. The van der Waals surface area contributed by atoms with Crippen LogP contribution in [0.1, 0.15) is 15.9 Å². The van der Waals surface area contributed by atoms with E-state index in [1.165, 1.54) is 41.2 Å². The van der Waals surface area contributed by atoms with E-state index in [9.17, 15) is 23.6 Å². The van der Waals surface area contributed by atoms with Crippen molar-refractivity contribution in [2.75, 3.05) is 5.32 Å². The number of pyridine rings is 2. The summed E-state index contributed by atoms with van der Waals surface area (Å²) >= 11 is 0. The molecule has 0 radical (unpaired) electrons. The zero-order valence-electron chi connectivity index (χ0n) is 14.4. The average molecular weight is 382 g/mol. The number of aromatic nitrogens is 2. The Hall–Kier alpha value is -4.01. The summed E-state index contributed by atoms with van der Waals surface area (Å²) in [6.07, 6.45) is 2.43. The van der Waals surface area contributed by atoms with E-state index < -0.39 is 23.2 Å². The topological polar surface area (TPSA) is 127 Å². The zero-order chi connectivity index (χ0) is 20.3. The summed E-state index contributed by atoms with van der Waals surface area (Å²) in [7, 11) is 0. The number of rotatable bonds is 5. The molecule has 0 bridgehead atoms. The van der Waals surface area contributed by atoms with Crippen LogP contribution in [0.15, 0.2) is 64.4 Å². The Morgan fingerprint density at radius 1 is 1.14 bits per heavy atom. The molecule has 0 spiro atoms. The first-order valence-corrected chi connectivity index (χ1v) is 8.14. The van der Waals surface area contributed by atoms with Gasteiger partial charge in [-0.05, 0) is 29.8 Å². The standard InChI is InChI=1S/C19H15FN4O4/c20-13-10-12(24-8-2-1-3-16(24)26)4-5-14(13)23-15(25)9-11-6-7-22-19(28)17(11)18(21)27/h1-8,10H,9H2,(H2,21,27)(H,22,28)(H,23,25). The van der Waals surface area contributed by atoms with Gasteiger partial charge in [0.05, 0.1) is 17.8 Å². The molecular weight excluding hydrogens is 367 g/mol. The van der Waals surface area contributed by atoms with Crippen LogP contribution in [-0.2, 0) is 11.2 Å². The van der Waals surface area contributed by atoms with E-state index >= 15 is 0 Å². The number of hydrogen-bond donors (Lipinski definition) is 3. The molecule has 0 aliphatic carbocycles. The quantitative estimate of drug-likeness (QED) is 0.607. The van der Waals surface area contributed by atoms with Gasteiger partial charge in [-0.2, -0.15) is 0 Å². The monoisotopic (exact) mass is 382 g/mol. The molecule has 0 unspecified atom stereocenters. The van der Waals surface area contributed by atoms with Crippen molar-refractivity contribution in [3.8, 4) is 5.69 Å². The molecule has 2 aromatic heterocycles. The van der Waals surface area contributed by atoms with Crippen LogP contribution in [0.3, 0.4) is 0 Å². The minimum Gasteiger partial charge on any atom is -0.365 e. The van der Waals surface area contributed by atoms with Gasteiger partial charge in [-0.3, -0.25) is 23.7 Å². The van der Waals surface area contributed by atoms with Crippen molar-refractivity contribution in [2.24, 2.45) is 5.73 Å². The van der Waals surface area contributed by atoms with Crippen molar-refractivity contribution in [1.29, 1.82) is 0 Å². The van der Waals surface area contributed by atoms with Gasteiger partial charge >= 0.3 is 0 Å². The van der Waals surface area contributed by atoms with Crippen LogP contribution in [0, 0.1) is 5.82 Å². The molecule has 9 heteroatoms. The molecule has 0 aliphatic rings. The highest BCUT2D eigenvalue weighted by atomic mass is 19.1. The van der Waals surface area contributed by atoms with Crippen LogP contribution < -0.4 is 22.2 Å². The lowest BCUT2D eigenvalue weighted by atomic mass is 10.1. The number of halogens is 1. The minimum atomic E-state index is -0.964. The Bertz CT molecular complexity index is 1180. The second kappa shape index (κ2) is 7.70. The summed E-state index contributed by atoms with van der Waals surface area (Å²) in [5.41, 5.74) is 4.13. The van der Waals surface area contributed by atoms with Gasteiger partial charge in [0, 0.05) is 24.5 Å². The molecule has 28 heavy (non-hydrogen) atoms. The van der Waals surface area contributed by atoms with Gasteiger partial charge < -0.3 is 16.0 Å². The van der Waals surface area contributed by atoms with Crippen LogP contribution >= 0.6 is 0 Å². The SMILES string of the molecule is NC(=O)c1c(CC(=O)Nc2ccc(-n3ccccc3=O)cc2F)cc[nH]c1=O. The third kappa shape index (κ3) is 3.88. The van der Waals surface area contributed by atoms with Crippen molar-refractivity contribution in [3.63, 3.8) is 0 Å². The number of amides is 2. The Kier molecular flexibility index (Phi) is 5.16. The minimum absolute atomic E-state index is 0.108. The van der Waals surface area contributed by atoms with Crippen LogP contribution in [0.25, 0.3) is 5.69 Å². The summed E-state index contributed by atoms with van der Waals surface area (Å²) in [4.78, 5) is 49.5. The van der Waals surface area contributed by atoms with Gasteiger partial charge in [-0.15, -0.1) is 0 Å². The highest BCUT2D eigenvalue weighted by Gasteiger charge is 2.16. The smallest absolute Gasteiger partial charge is 0.261 e. The number of nitrogens with zero attached hydrogens (tertiary/aromatic N) is 1. The Labute approximate surface area is 157 Å². The molecule has 4 N–H and O–H groups in total. The lowest BCUT2D eigenvalue weighted by Gasteiger charge is -2.10. The van der Waals surface area contributed by atoms with Crippen molar-refractivity contribution >= 4 is 17.5 Å². The molecule has 0 saturated heterocycles. The van der Waals surface area contributed by atoms with E-state index in [1.54, 1.807) is 12.1 Å². The normalized spacial score (nSPS) is 10.5. The van der Waals surface area contributed by atoms with E-state index in [2.05, 4.69) is 10.3 Å². The van der Waals surface area contributed by atoms with Crippen molar-refractivity contribution in [1.82, 2.24) is 9.55 Å². The second-order valence-electron chi connectivity index (χ2n) is 5.87. The Balaban J connectivity index is 1.82. The highest BCUT2D eigenvalue weighted by molar-refractivity contribution is 5.98. The largest absolute Gasteiger partial charge is 0.365 e. The number of H-pyrrole nitrogens is 1. The van der Waals surface area contributed by atoms with E-state index in [0.717, 1.165) is 6.07 Å². The van der Waals surface area contributed by atoms with E-state index in [1.807, 2.05) is 0 Å². The number of benzene rings is 1. The molecule has 0 aliphatic heterocycles. The summed E-state index contributed by atoms with van der Waals surface area (Å²) in [5.74, 6) is -2.35. The summed E-state index contributed by atoms with van der Waals surface area (Å²) < 4.78 is 15.6. The molecule has 142 valence electrons. The average Bonchev–Trinajstić information content (AvgIpc) is 2.63. The van der Waals surface area contributed by atoms with Crippen molar-refractivity contribution < 1.29 is 14.0 Å². The van der Waals surface area contributed by atoms with Crippen molar-refractivity contribution in [3.05, 3.63) is 92.5 Å². The highest BCUT2D eigenvalue weighted by Crippen LogP contribution is 2.18. The predicted molar refractivity (Wildman–Crippen MR) is 99.9 cm³/mol. The Morgan fingerprint density at radius 2 is 1.93 bits per heavy atom. The summed E-state index contributed by atoms with van der Waals surface area (Å²) in [5, 5.41) is 2.37. The van der Waals surface area contributed by atoms with Crippen LogP contribution in [0.5, 0.6) is 0 Å². The maximum atomic E-state index is 14.4. The molecule has 0 saturated carbocycles. The molecule has 2 amide bonds. The molecule has 2 heterocycles. The third-order valence-corrected chi connectivity index (χ3v) is 3.97. The number of hydrogen-bond acceptors (Lipinski definition) is 4. The molecule has 8 nitrogen and oxygen atoms in total. The van der Waals surface area contributed by atoms with Gasteiger partial charge in [0.15, 0.2) is 0 Å². The molecule has 3 rings (SSSR count). The van der Waals surface area contributed by atoms with E-state index in [-0.39, 0.29) is 28.8 Å². The fourth-order valence-corrected chi connectivity index (χ4v) is 2.70.